The predicted molar refractivity (Wildman–Crippen MR) is 100.0 cm³/mol. The van der Waals surface area contributed by atoms with Gasteiger partial charge in [-0.15, -0.1) is 0 Å². The number of amides is 1. The van der Waals surface area contributed by atoms with E-state index in [1.165, 1.54) is 27.8 Å². The molecule has 0 fully saturated rings. The van der Waals surface area contributed by atoms with Gasteiger partial charge in [-0.1, -0.05) is 11.6 Å². The summed E-state index contributed by atoms with van der Waals surface area (Å²) < 4.78 is 8.62. The summed E-state index contributed by atoms with van der Waals surface area (Å²) in [4.78, 5) is 24.2. The second-order valence-corrected chi connectivity index (χ2v) is 6.48. The Kier molecular flexibility index (Phi) is 5.59. The first-order chi connectivity index (χ1) is 13.3. The predicted octanol–water partition coefficient (Wildman–Crippen LogP) is 2.49. The van der Waals surface area contributed by atoms with E-state index in [2.05, 4.69) is 10.2 Å². The van der Waals surface area contributed by atoms with Crippen molar-refractivity contribution in [3.8, 4) is 5.75 Å². The van der Waals surface area contributed by atoms with Gasteiger partial charge in [0.25, 0.3) is 11.6 Å². The molecule has 0 aliphatic rings. The lowest BCUT2D eigenvalue weighted by Crippen LogP contribution is -2.26. The maximum atomic E-state index is 12.5. The maximum absolute atomic E-state index is 12.5. The van der Waals surface area contributed by atoms with Crippen LogP contribution in [-0.2, 0) is 20.3 Å². The topological polar surface area (TPSA) is 108 Å². The number of carbonyl (C=O) groups is 1. The molecule has 3 aromatic rings. The lowest BCUT2D eigenvalue weighted by molar-refractivity contribution is -0.384. The molecule has 0 unspecified atom stereocenters. The molecule has 0 saturated carbocycles. The highest BCUT2D eigenvalue weighted by atomic mass is 35.5. The Morgan fingerprint density at radius 1 is 1.39 bits per heavy atom. The fraction of sp³-hybridized carbons (Fsp3) is 0.235. The van der Waals surface area contributed by atoms with Crippen LogP contribution in [0.4, 0.5) is 5.69 Å². The standard InChI is InChI=1S/C17H17ClN6O4/c1-21(9-12-8-19-22(2)10-12)17(25)15-5-6-23(20-15)11-28-16-4-3-13(24(26)27)7-14(16)18/h3-8,10H,9,11H2,1-2H3. The van der Waals surface area contributed by atoms with E-state index in [-0.39, 0.29) is 34.8 Å². The number of carbonyl (C=O) groups excluding carboxylic acids is 1. The van der Waals surface area contributed by atoms with Gasteiger partial charge in [0.1, 0.15) is 5.75 Å². The molecule has 10 nitrogen and oxygen atoms in total. The summed E-state index contributed by atoms with van der Waals surface area (Å²) in [6.45, 7) is 0.408. The summed E-state index contributed by atoms with van der Waals surface area (Å²) in [5, 5.41) is 19.1. The van der Waals surface area contributed by atoms with E-state index in [0.29, 0.717) is 6.54 Å². The van der Waals surface area contributed by atoms with E-state index >= 15 is 0 Å². The third kappa shape index (κ3) is 4.46. The van der Waals surface area contributed by atoms with Crippen molar-refractivity contribution in [2.45, 2.75) is 13.3 Å². The third-order valence-electron chi connectivity index (χ3n) is 3.86. The van der Waals surface area contributed by atoms with Gasteiger partial charge in [-0.25, -0.2) is 4.68 Å². The lowest BCUT2D eigenvalue weighted by Gasteiger charge is -2.14. The van der Waals surface area contributed by atoms with Crippen molar-refractivity contribution in [2.24, 2.45) is 7.05 Å². The smallest absolute Gasteiger partial charge is 0.274 e. The summed E-state index contributed by atoms with van der Waals surface area (Å²) >= 11 is 5.99. The number of aryl methyl sites for hydroxylation is 1. The van der Waals surface area contributed by atoms with E-state index in [1.54, 1.807) is 30.2 Å². The summed E-state index contributed by atoms with van der Waals surface area (Å²) in [6.07, 6.45) is 5.14. The molecule has 0 radical (unpaired) electrons. The maximum Gasteiger partial charge on any atom is 0.274 e. The van der Waals surface area contributed by atoms with E-state index < -0.39 is 4.92 Å². The number of benzene rings is 1. The summed E-state index contributed by atoms with van der Waals surface area (Å²) in [7, 11) is 3.49. The quantitative estimate of drug-likeness (QED) is 0.442. The first-order valence-electron chi connectivity index (χ1n) is 8.16. The van der Waals surface area contributed by atoms with E-state index in [1.807, 2.05) is 13.2 Å². The summed E-state index contributed by atoms with van der Waals surface area (Å²) in [5.41, 5.74) is 1.06. The van der Waals surface area contributed by atoms with Crippen molar-refractivity contribution in [2.75, 3.05) is 7.05 Å². The zero-order valence-electron chi connectivity index (χ0n) is 15.1. The molecular weight excluding hydrogens is 388 g/mol. The minimum absolute atomic E-state index is 0.00285. The van der Waals surface area contributed by atoms with Crippen molar-refractivity contribution >= 4 is 23.2 Å². The van der Waals surface area contributed by atoms with Crippen LogP contribution in [0.25, 0.3) is 0 Å². The molecule has 0 atom stereocenters. The molecule has 2 heterocycles. The summed E-state index contributed by atoms with van der Waals surface area (Å²) in [6, 6.07) is 5.51. The molecule has 0 spiro atoms. The minimum Gasteiger partial charge on any atom is -0.470 e. The second-order valence-electron chi connectivity index (χ2n) is 6.07. The Morgan fingerprint density at radius 2 is 2.18 bits per heavy atom. The number of rotatable bonds is 7. The average Bonchev–Trinajstić information content (AvgIpc) is 3.29. The normalized spacial score (nSPS) is 10.7. The number of hydrogen-bond donors (Lipinski definition) is 0. The molecule has 1 amide bonds. The second kappa shape index (κ2) is 8.09. The van der Waals surface area contributed by atoms with Crippen molar-refractivity contribution in [1.82, 2.24) is 24.5 Å². The zero-order valence-corrected chi connectivity index (χ0v) is 15.9. The molecule has 28 heavy (non-hydrogen) atoms. The molecule has 3 rings (SSSR count). The number of hydrogen-bond acceptors (Lipinski definition) is 6. The van der Waals surface area contributed by atoms with Crippen LogP contribution in [-0.4, -0.2) is 42.3 Å². The van der Waals surface area contributed by atoms with E-state index in [4.69, 9.17) is 16.3 Å². The zero-order chi connectivity index (χ0) is 20.3. The number of nitro benzene ring substituents is 1. The van der Waals surface area contributed by atoms with Gasteiger partial charge in [-0.3, -0.25) is 19.6 Å². The van der Waals surface area contributed by atoms with Crippen molar-refractivity contribution in [3.05, 3.63) is 69.3 Å². The average molecular weight is 405 g/mol. The van der Waals surface area contributed by atoms with E-state index in [0.717, 1.165) is 5.56 Å². The molecule has 2 aromatic heterocycles. The highest BCUT2D eigenvalue weighted by Gasteiger charge is 2.16. The van der Waals surface area contributed by atoms with Crippen molar-refractivity contribution in [3.63, 3.8) is 0 Å². The molecule has 0 saturated heterocycles. The third-order valence-corrected chi connectivity index (χ3v) is 4.16. The fourth-order valence-electron chi connectivity index (χ4n) is 2.50. The van der Waals surface area contributed by atoms with Gasteiger partial charge in [0.05, 0.1) is 16.1 Å². The Hall–Kier alpha value is -3.40. The molecule has 1 aromatic carbocycles. The van der Waals surface area contributed by atoms with Crippen LogP contribution in [0.2, 0.25) is 5.02 Å². The first-order valence-corrected chi connectivity index (χ1v) is 8.54. The van der Waals surface area contributed by atoms with E-state index in [9.17, 15) is 14.9 Å². The van der Waals surface area contributed by atoms with Crippen molar-refractivity contribution in [1.29, 1.82) is 0 Å². The highest BCUT2D eigenvalue weighted by molar-refractivity contribution is 6.32. The Balaban J connectivity index is 1.60. The minimum atomic E-state index is -0.539. The summed E-state index contributed by atoms with van der Waals surface area (Å²) in [5.74, 6) is 0.0420. The van der Waals surface area contributed by atoms with Crippen LogP contribution >= 0.6 is 11.6 Å². The number of nitrogens with zero attached hydrogens (tertiary/aromatic N) is 6. The number of non-ortho nitro benzene ring substituents is 1. The number of nitro groups is 1. The van der Waals surface area contributed by atoms with Gasteiger partial charge in [0.2, 0.25) is 0 Å². The molecule has 0 bridgehead atoms. The van der Waals surface area contributed by atoms with Gasteiger partial charge in [0, 0.05) is 50.7 Å². The molecule has 146 valence electrons. The van der Waals surface area contributed by atoms with Gasteiger partial charge in [-0.2, -0.15) is 10.2 Å². The van der Waals surface area contributed by atoms with Crippen LogP contribution in [0.1, 0.15) is 16.1 Å². The Morgan fingerprint density at radius 3 is 2.82 bits per heavy atom. The monoisotopic (exact) mass is 404 g/mol. The van der Waals surface area contributed by atoms with Gasteiger partial charge in [-0.05, 0) is 12.1 Å². The number of aromatic nitrogens is 4. The Labute approximate surface area is 165 Å². The van der Waals surface area contributed by atoms with Crippen LogP contribution in [0.3, 0.4) is 0 Å². The molecule has 0 aliphatic heterocycles. The Bertz CT molecular complexity index is 1010. The van der Waals surface area contributed by atoms with Crippen LogP contribution < -0.4 is 4.74 Å². The van der Waals surface area contributed by atoms with Gasteiger partial charge in [0.15, 0.2) is 12.4 Å². The molecule has 0 N–H and O–H groups in total. The molecular formula is C17H17ClN6O4. The van der Waals surface area contributed by atoms with Gasteiger partial charge < -0.3 is 9.64 Å². The van der Waals surface area contributed by atoms with Gasteiger partial charge >= 0.3 is 0 Å². The van der Waals surface area contributed by atoms with Crippen molar-refractivity contribution < 1.29 is 14.5 Å². The molecule has 11 heteroatoms. The highest BCUT2D eigenvalue weighted by Crippen LogP contribution is 2.28. The first kappa shape index (κ1) is 19.4. The largest absolute Gasteiger partial charge is 0.470 e. The number of halogens is 1. The van der Waals surface area contributed by atoms with Crippen LogP contribution in [0, 0.1) is 10.1 Å². The fourth-order valence-corrected chi connectivity index (χ4v) is 2.73. The van der Waals surface area contributed by atoms with Crippen LogP contribution in [0.15, 0.2) is 42.9 Å². The molecule has 0 aliphatic carbocycles. The SMILES string of the molecule is CN(Cc1cnn(C)c1)C(=O)c1ccn(COc2ccc([N+](=O)[O-])cc2Cl)n1. The van der Waals surface area contributed by atoms with Crippen LogP contribution in [0.5, 0.6) is 5.75 Å². The number of ether oxygens (including phenoxy) is 1. The lowest BCUT2D eigenvalue weighted by atomic mass is 10.3.